The van der Waals surface area contributed by atoms with Crippen molar-refractivity contribution in [1.29, 1.82) is 0 Å². The van der Waals surface area contributed by atoms with Crippen molar-refractivity contribution in [3.8, 4) is 0 Å². The summed E-state index contributed by atoms with van der Waals surface area (Å²) in [7, 11) is 1.69. The molecular formula is C16H21NO4S2. The Bertz CT molecular complexity index is 579. The SMILES string of the molecule is CC(C(O)c1ccccc1)N(C)C(O)C1=C(C(=O)O)SCCS1. The molecule has 2 rings (SSSR count). The molecule has 1 aromatic rings. The van der Waals surface area contributed by atoms with E-state index in [0.29, 0.717) is 10.7 Å². The Labute approximate surface area is 144 Å². The maximum absolute atomic E-state index is 11.3. The topological polar surface area (TPSA) is 81.0 Å². The van der Waals surface area contributed by atoms with Crippen molar-refractivity contribution in [2.45, 2.75) is 25.3 Å². The smallest absolute Gasteiger partial charge is 0.343 e. The van der Waals surface area contributed by atoms with E-state index in [-0.39, 0.29) is 10.9 Å². The van der Waals surface area contributed by atoms with Gasteiger partial charge in [-0.15, -0.1) is 23.5 Å². The Hall–Kier alpha value is -0.990. The maximum Gasteiger partial charge on any atom is 0.343 e. The number of hydrogen-bond acceptors (Lipinski definition) is 6. The van der Waals surface area contributed by atoms with Crippen LogP contribution in [0.15, 0.2) is 40.1 Å². The zero-order chi connectivity index (χ0) is 17.0. The van der Waals surface area contributed by atoms with Crippen LogP contribution in [0.2, 0.25) is 0 Å². The summed E-state index contributed by atoms with van der Waals surface area (Å²) < 4.78 is 0. The van der Waals surface area contributed by atoms with Crippen molar-refractivity contribution in [3.63, 3.8) is 0 Å². The summed E-state index contributed by atoms with van der Waals surface area (Å²) in [5.41, 5.74) is 0.761. The van der Waals surface area contributed by atoms with Gasteiger partial charge in [-0.2, -0.15) is 0 Å². The fourth-order valence-electron chi connectivity index (χ4n) is 2.35. The molecule has 3 atom stereocenters. The summed E-state index contributed by atoms with van der Waals surface area (Å²) in [5.74, 6) is 0.465. The number of aliphatic hydroxyl groups excluding tert-OH is 2. The summed E-state index contributed by atoms with van der Waals surface area (Å²) >= 11 is 2.62. The van der Waals surface area contributed by atoms with E-state index in [2.05, 4.69) is 0 Å². The van der Waals surface area contributed by atoms with Gasteiger partial charge in [0.05, 0.1) is 6.10 Å². The first-order valence-electron chi connectivity index (χ1n) is 7.29. The van der Waals surface area contributed by atoms with Crippen molar-refractivity contribution in [2.24, 2.45) is 0 Å². The lowest BCUT2D eigenvalue weighted by Crippen LogP contribution is -2.43. The molecule has 0 fully saturated rings. The van der Waals surface area contributed by atoms with Crippen molar-refractivity contribution in [3.05, 3.63) is 45.7 Å². The van der Waals surface area contributed by atoms with Crippen LogP contribution in [0.5, 0.6) is 0 Å². The number of aliphatic hydroxyl groups is 2. The zero-order valence-corrected chi connectivity index (χ0v) is 14.7. The van der Waals surface area contributed by atoms with Crippen LogP contribution >= 0.6 is 23.5 Å². The van der Waals surface area contributed by atoms with Crippen LogP contribution in [0.4, 0.5) is 0 Å². The second-order valence-electron chi connectivity index (χ2n) is 5.33. The first kappa shape index (κ1) is 18.4. The summed E-state index contributed by atoms with van der Waals surface area (Å²) in [6, 6.07) is 8.85. The van der Waals surface area contributed by atoms with Crippen LogP contribution in [0.25, 0.3) is 0 Å². The van der Waals surface area contributed by atoms with E-state index in [1.165, 1.54) is 23.5 Å². The molecule has 7 heteroatoms. The standard InChI is InChI=1S/C16H21NO4S2/c1-10(12(18)11-6-4-3-5-7-11)17(2)15(19)13-14(16(20)21)23-9-8-22-13/h3-7,10,12,15,18-19H,8-9H2,1-2H3,(H,20,21). The van der Waals surface area contributed by atoms with Crippen LogP contribution in [-0.2, 0) is 4.79 Å². The van der Waals surface area contributed by atoms with Gasteiger partial charge >= 0.3 is 5.97 Å². The van der Waals surface area contributed by atoms with Crippen LogP contribution in [-0.4, -0.2) is 57.0 Å². The highest BCUT2D eigenvalue weighted by Gasteiger charge is 2.31. The first-order chi connectivity index (χ1) is 10.9. The number of nitrogens with zero attached hydrogens (tertiary/aromatic N) is 1. The normalized spacial score (nSPS) is 19.5. The lowest BCUT2D eigenvalue weighted by Gasteiger charge is -2.35. The third kappa shape index (κ3) is 4.30. The monoisotopic (exact) mass is 355 g/mol. The molecule has 3 N–H and O–H groups in total. The predicted molar refractivity (Wildman–Crippen MR) is 94.2 cm³/mol. The average molecular weight is 355 g/mol. The molecule has 0 saturated carbocycles. The van der Waals surface area contributed by atoms with E-state index < -0.39 is 18.3 Å². The minimum absolute atomic E-state index is 0.196. The number of carboxylic acids is 1. The minimum atomic E-state index is -1.05. The Morgan fingerprint density at radius 1 is 1.17 bits per heavy atom. The van der Waals surface area contributed by atoms with Crippen LogP contribution < -0.4 is 0 Å². The summed E-state index contributed by atoms with van der Waals surface area (Å²) in [6.07, 6.45) is -1.82. The van der Waals surface area contributed by atoms with E-state index in [9.17, 15) is 20.1 Å². The highest BCUT2D eigenvalue weighted by atomic mass is 32.2. The molecule has 0 amide bonds. The average Bonchev–Trinajstić information content (AvgIpc) is 2.59. The van der Waals surface area contributed by atoms with Crippen molar-refractivity contribution < 1.29 is 20.1 Å². The maximum atomic E-state index is 11.3. The number of aliphatic carboxylic acids is 1. The van der Waals surface area contributed by atoms with Crippen LogP contribution in [0, 0.1) is 0 Å². The number of thioether (sulfide) groups is 2. The van der Waals surface area contributed by atoms with Gasteiger partial charge in [-0.3, -0.25) is 4.90 Å². The highest BCUT2D eigenvalue weighted by Crippen LogP contribution is 2.37. The first-order valence-corrected chi connectivity index (χ1v) is 9.26. The summed E-state index contributed by atoms with van der Waals surface area (Å²) in [4.78, 5) is 13.6. The van der Waals surface area contributed by atoms with Gasteiger partial charge < -0.3 is 15.3 Å². The fraction of sp³-hybridized carbons (Fsp3) is 0.438. The number of carbonyl (C=O) groups is 1. The Morgan fingerprint density at radius 2 is 1.78 bits per heavy atom. The predicted octanol–water partition coefficient (Wildman–Crippen LogP) is 2.13. The van der Waals surface area contributed by atoms with Gasteiger partial charge in [-0.25, -0.2) is 4.79 Å². The van der Waals surface area contributed by atoms with Gasteiger partial charge in [0, 0.05) is 22.5 Å². The Kier molecular flexibility index (Phi) is 6.55. The largest absolute Gasteiger partial charge is 0.477 e. The van der Waals surface area contributed by atoms with Crippen LogP contribution in [0.3, 0.4) is 0 Å². The quantitative estimate of drug-likeness (QED) is 0.675. The van der Waals surface area contributed by atoms with E-state index in [1.807, 2.05) is 37.3 Å². The molecule has 126 valence electrons. The lowest BCUT2D eigenvalue weighted by atomic mass is 10.0. The number of likely N-dealkylation sites (N-methyl/N-ethyl adjacent to an activating group) is 1. The summed E-state index contributed by atoms with van der Waals surface area (Å²) in [6.45, 7) is 1.81. The van der Waals surface area contributed by atoms with Gasteiger partial charge in [0.25, 0.3) is 0 Å². The second-order valence-corrected chi connectivity index (χ2v) is 7.57. The van der Waals surface area contributed by atoms with Crippen molar-refractivity contribution in [2.75, 3.05) is 18.6 Å². The van der Waals surface area contributed by atoms with E-state index >= 15 is 0 Å². The molecule has 5 nitrogen and oxygen atoms in total. The molecule has 23 heavy (non-hydrogen) atoms. The molecule has 1 heterocycles. The number of benzene rings is 1. The van der Waals surface area contributed by atoms with Gasteiger partial charge in [0.2, 0.25) is 0 Å². The minimum Gasteiger partial charge on any atom is -0.477 e. The van der Waals surface area contributed by atoms with E-state index in [0.717, 1.165) is 11.3 Å². The summed E-state index contributed by atoms with van der Waals surface area (Å²) in [5, 5.41) is 30.4. The third-order valence-electron chi connectivity index (χ3n) is 3.87. The molecule has 1 aliphatic rings. The molecule has 0 aliphatic carbocycles. The zero-order valence-electron chi connectivity index (χ0n) is 13.0. The molecule has 0 bridgehead atoms. The molecule has 0 spiro atoms. The number of hydrogen-bond donors (Lipinski definition) is 3. The molecule has 0 aromatic heterocycles. The second kappa shape index (κ2) is 8.21. The van der Waals surface area contributed by atoms with Gasteiger partial charge in [0.15, 0.2) is 0 Å². The molecular weight excluding hydrogens is 334 g/mol. The van der Waals surface area contributed by atoms with Crippen LogP contribution in [0.1, 0.15) is 18.6 Å². The van der Waals surface area contributed by atoms with Crippen molar-refractivity contribution >= 4 is 29.5 Å². The van der Waals surface area contributed by atoms with Gasteiger partial charge in [-0.1, -0.05) is 30.3 Å². The van der Waals surface area contributed by atoms with E-state index in [4.69, 9.17) is 0 Å². The van der Waals surface area contributed by atoms with Gasteiger partial charge in [-0.05, 0) is 19.5 Å². The fourth-order valence-corrected chi connectivity index (χ4v) is 4.70. The molecule has 1 aromatic carbocycles. The van der Waals surface area contributed by atoms with Gasteiger partial charge in [0.1, 0.15) is 11.1 Å². The highest BCUT2D eigenvalue weighted by molar-refractivity contribution is 8.10. The molecule has 1 aliphatic heterocycles. The molecule has 0 radical (unpaired) electrons. The van der Waals surface area contributed by atoms with Crippen molar-refractivity contribution in [1.82, 2.24) is 4.90 Å². The Morgan fingerprint density at radius 3 is 2.39 bits per heavy atom. The molecule has 0 saturated heterocycles. The Balaban J connectivity index is 2.18. The third-order valence-corrected chi connectivity index (χ3v) is 6.48. The van der Waals surface area contributed by atoms with E-state index in [1.54, 1.807) is 11.9 Å². The number of rotatable bonds is 6. The molecule has 3 unspecified atom stereocenters. The lowest BCUT2D eigenvalue weighted by molar-refractivity contribution is -0.132. The number of carboxylic acid groups (broad SMARTS) is 1.